The van der Waals surface area contributed by atoms with Gasteiger partial charge in [-0.1, -0.05) is 12.8 Å². The fourth-order valence-corrected chi connectivity index (χ4v) is 2.82. The average Bonchev–Trinajstić information content (AvgIpc) is 2.73. The Balaban J connectivity index is 1.81. The Hall–Kier alpha value is -1.29. The van der Waals surface area contributed by atoms with Crippen LogP contribution in [0, 0.1) is 5.82 Å². The van der Waals surface area contributed by atoms with E-state index in [-0.39, 0.29) is 17.2 Å². The number of nitrogens with one attached hydrogen (secondary N) is 2. The van der Waals surface area contributed by atoms with Gasteiger partial charge in [-0.2, -0.15) is 0 Å². The Morgan fingerprint density at radius 3 is 3.00 bits per heavy atom. The smallest absolute Gasteiger partial charge is 0.201 e. The Morgan fingerprint density at radius 1 is 1.33 bits per heavy atom. The minimum atomic E-state index is -0.259. The number of aromatic nitrogens is 2. The number of hydrogen-bond acceptors (Lipinski definition) is 2. The third-order valence-corrected chi connectivity index (χ3v) is 3.97. The standard InChI is InChI=1S/C13H15ClFN3/c14-9-3-1-2-4-10(9)16-13-17-11-6-5-8(15)7-12(11)18-13/h5-7,9-10H,1-4H2,(H2,16,17,18). The van der Waals surface area contributed by atoms with Crippen molar-refractivity contribution in [3.05, 3.63) is 24.0 Å². The molecule has 96 valence electrons. The van der Waals surface area contributed by atoms with Crippen LogP contribution in [0.1, 0.15) is 25.7 Å². The number of aromatic amines is 1. The lowest BCUT2D eigenvalue weighted by Crippen LogP contribution is -2.33. The number of nitrogens with zero attached hydrogens (tertiary/aromatic N) is 1. The van der Waals surface area contributed by atoms with Crippen LogP contribution in [-0.2, 0) is 0 Å². The molecule has 5 heteroatoms. The van der Waals surface area contributed by atoms with Crippen molar-refractivity contribution in [3.8, 4) is 0 Å². The zero-order valence-corrected chi connectivity index (χ0v) is 10.7. The summed E-state index contributed by atoms with van der Waals surface area (Å²) >= 11 is 6.29. The van der Waals surface area contributed by atoms with E-state index < -0.39 is 0 Å². The van der Waals surface area contributed by atoms with Gasteiger partial charge in [-0.3, -0.25) is 0 Å². The summed E-state index contributed by atoms with van der Waals surface area (Å²) in [5.41, 5.74) is 1.47. The molecule has 1 heterocycles. The maximum Gasteiger partial charge on any atom is 0.201 e. The molecular weight excluding hydrogens is 253 g/mol. The molecule has 1 fully saturated rings. The number of halogens is 2. The lowest BCUT2D eigenvalue weighted by Gasteiger charge is -2.27. The van der Waals surface area contributed by atoms with E-state index >= 15 is 0 Å². The molecule has 18 heavy (non-hydrogen) atoms. The second-order valence-corrected chi connectivity index (χ2v) is 5.36. The van der Waals surface area contributed by atoms with Crippen molar-refractivity contribution in [2.75, 3.05) is 5.32 Å². The van der Waals surface area contributed by atoms with Gasteiger partial charge in [0.25, 0.3) is 0 Å². The fourth-order valence-electron chi connectivity index (χ4n) is 2.47. The Labute approximate surface area is 110 Å². The lowest BCUT2D eigenvalue weighted by atomic mass is 9.95. The molecule has 2 N–H and O–H groups in total. The highest BCUT2D eigenvalue weighted by Gasteiger charge is 2.23. The molecule has 1 aliphatic carbocycles. The van der Waals surface area contributed by atoms with Crippen LogP contribution in [0.15, 0.2) is 18.2 Å². The second-order valence-electron chi connectivity index (χ2n) is 4.80. The summed E-state index contributed by atoms with van der Waals surface area (Å²) in [6, 6.07) is 4.78. The molecule has 1 aromatic carbocycles. The molecule has 0 spiro atoms. The molecule has 0 saturated heterocycles. The predicted octanol–water partition coefficient (Wildman–Crippen LogP) is 3.66. The number of rotatable bonds is 2. The van der Waals surface area contributed by atoms with Crippen LogP contribution in [0.4, 0.5) is 10.3 Å². The molecule has 0 aliphatic heterocycles. The van der Waals surface area contributed by atoms with E-state index in [0.29, 0.717) is 11.5 Å². The first-order valence-electron chi connectivity index (χ1n) is 6.28. The number of fused-ring (bicyclic) bond motifs is 1. The highest BCUT2D eigenvalue weighted by atomic mass is 35.5. The largest absolute Gasteiger partial charge is 0.352 e. The van der Waals surface area contributed by atoms with Crippen molar-refractivity contribution >= 4 is 28.6 Å². The van der Waals surface area contributed by atoms with Gasteiger partial charge in [0.15, 0.2) is 0 Å². The highest BCUT2D eigenvalue weighted by Crippen LogP contribution is 2.26. The molecule has 3 nitrogen and oxygen atoms in total. The summed E-state index contributed by atoms with van der Waals surface area (Å²) < 4.78 is 13.1. The summed E-state index contributed by atoms with van der Waals surface area (Å²) in [7, 11) is 0. The quantitative estimate of drug-likeness (QED) is 0.815. The SMILES string of the molecule is Fc1ccc2nc(NC3CCCCC3Cl)[nH]c2c1. The monoisotopic (exact) mass is 267 g/mol. The lowest BCUT2D eigenvalue weighted by molar-refractivity contribution is 0.468. The van der Waals surface area contributed by atoms with E-state index in [9.17, 15) is 4.39 Å². The molecule has 2 atom stereocenters. The third-order valence-electron chi connectivity index (χ3n) is 3.45. The van der Waals surface area contributed by atoms with Gasteiger partial charge >= 0.3 is 0 Å². The molecule has 0 radical (unpaired) electrons. The van der Waals surface area contributed by atoms with Crippen LogP contribution in [0.5, 0.6) is 0 Å². The molecule has 1 aliphatic rings. The third kappa shape index (κ3) is 2.29. The van der Waals surface area contributed by atoms with Crippen LogP contribution >= 0.6 is 11.6 Å². The van der Waals surface area contributed by atoms with Crippen LogP contribution in [-0.4, -0.2) is 21.4 Å². The van der Waals surface area contributed by atoms with Gasteiger partial charge in [0, 0.05) is 6.04 Å². The maximum atomic E-state index is 13.1. The van der Waals surface area contributed by atoms with Gasteiger partial charge in [0.1, 0.15) is 5.82 Å². The first kappa shape index (κ1) is 11.8. The van der Waals surface area contributed by atoms with Crippen molar-refractivity contribution < 1.29 is 4.39 Å². The highest BCUT2D eigenvalue weighted by molar-refractivity contribution is 6.21. The van der Waals surface area contributed by atoms with E-state index in [0.717, 1.165) is 18.4 Å². The van der Waals surface area contributed by atoms with Crippen molar-refractivity contribution in [2.24, 2.45) is 0 Å². The number of anilines is 1. The predicted molar refractivity (Wildman–Crippen MR) is 71.6 cm³/mol. The van der Waals surface area contributed by atoms with E-state index in [1.165, 1.54) is 25.0 Å². The Kier molecular flexibility index (Phi) is 3.12. The van der Waals surface area contributed by atoms with Gasteiger partial charge in [-0.15, -0.1) is 11.6 Å². The Morgan fingerprint density at radius 2 is 2.17 bits per heavy atom. The summed E-state index contributed by atoms with van der Waals surface area (Å²) in [5.74, 6) is 0.415. The Bertz CT molecular complexity index is 554. The molecule has 1 saturated carbocycles. The van der Waals surface area contributed by atoms with Gasteiger partial charge < -0.3 is 10.3 Å². The van der Waals surface area contributed by atoms with E-state index in [1.54, 1.807) is 6.07 Å². The molecule has 0 bridgehead atoms. The number of benzene rings is 1. The maximum absolute atomic E-state index is 13.1. The van der Waals surface area contributed by atoms with E-state index in [1.807, 2.05) is 0 Å². The van der Waals surface area contributed by atoms with Crippen molar-refractivity contribution in [3.63, 3.8) is 0 Å². The summed E-state index contributed by atoms with van der Waals surface area (Å²) in [4.78, 5) is 7.47. The van der Waals surface area contributed by atoms with Gasteiger partial charge in [-0.05, 0) is 31.0 Å². The first-order chi connectivity index (χ1) is 8.72. The van der Waals surface area contributed by atoms with Gasteiger partial charge in [0.05, 0.1) is 16.4 Å². The first-order valence-corrected chi connectivity index (χ1v) is 6.72. The molecular formula is C13H15ClFN3. The topological polar surface area (TPSA) is 40.7 Å². The number of hydrogen-bond donors (Lipinski definition) is 2. The number of imidazole rings is 1. The summed E-state index contributed by atoms with van der Waals surface area (Å²) in [6.07, 6.45) is 4.47. The van der Waals surface area contributed by atoms with Crippen molar-refractivity contribution in [2.45, 2.75) is 37.1 Å². The van der Waals surface area contributed by atoms with Gasteiger partial charge in [0.2, 0.25) is 5.95 Å². The van der Waals surface area contributed by atoms with E-state index in [4.69, 9.17) is 11.6 Å². The molecule has 0 amide bonds. The van der Waals surface area contributed by atoms with Crippen LogP contribution in [0.2, 0.25) is 0 Å². The zero-order chi connectivity index (χ0) is 12.5. The second kappa shape index (κ2) is 4.76. The minimum absolute atomic E-state index is 0.142. The van der Waals surface area contributed by atoms with E-state index in [2.05, 4.69) is 15.3 Å². The molecule has 2 aromatic rings. The number of H-pyrrole nitrogens is 1. The van der Waals surface area contributed by atoms with Crippen LogP contribution < -0.4 is 5.32 Å². The normalized spacial score (nSPS) is 24.3. The fraction of sp³-hybridized carbons (Fsp3) is 0.462. The van der Waals surface area contributed by atoms with Gasteiger partial charge in [-0.25, -0.2) is 9.37 Å². The zero-order valence-electron chi connectivity index (χ0n) is 9.92. The summed E-state index contributed by atoms with van der Waals surface area (Å²) in [6.45, 7) is 0. The van der Waals surface area contributed by atoms with Crippen LogP contribution in [0.3, 0.4) is 0 Å². The molecule has 3 rings (SSSR count). The molecule has 2 unspecified atom stereocenters. The summed E-state index contributed by atoms with van der Waals surface area (Å²) in [5, 5.41) is 3.46. The molecule has 1 aromatic heterocycles. The minimum Gasteiger partial charge on any atom is -0.352 e. The van der Waals surface area contributed by atoms with Crippen molar-refractivity contribution in [1.82, 2.24) is 9.97 Å². The van der Waals surface area contributed by atoms with Crippen LogP contribution in [0.25, 0.3) is 11.0 Å². The van der Waals surface area contributed by atoms with Crippen molar-refractivity contribution in [1.29, 1.82) is 0 Å². The average molecular weight is 268 g/mol. The number of alkyl halides is 1.